The Morgan fingerprint density at radius 3 is 2.19 bits per heavy atom. The van der Waals surface area contributed by atoms with Gasteiger partial charge in [-0.3, -0.25) is 9.59 Å². The summed E-state index contributed by atoms with van der Waals surface area (Å²) >= 11 is 6.55. The van der Waals surface area contributed by atoms with Crippen LogP contribution < -0.4 is 4.90 Å². The molecule has 1 rings (SSSR count). The van der Waals surface area contributed by atoms with Crippen LogP contribution in [0, 0.1) is 10.7 Å². The molecule has 0 saturated carbocycles. The molecule has 0 unspecified atom stereocenters. The predicted octanol–water partition coefficient (Wildman–Crippen LogP) is 4.45. The van der Waals surface area contributed by atoms with Crippen LogP contribution in [0.5, 0.6) is 0 Å². The van der Waals surface area contributed by atoms with Crippen molar-refractivity contribution < 1.29 is 14.7 Å². The first-order valence-corrected chi connectivity index (χ1v) is 9.68. The molecule has 0 bridgehead atoms. The van der Waals surface area contributed by atoms with Crippen molar-refractivity contribution in [2.45, 2.75) is 33.1 Å². The van der Waals surface area contributed by atoms with Gasteiger partial charge < -0.3 is 10.0 Å². The molecule has 0 radical (unpaired) electrons. The van der Waals surface area contributed by atoms with Crippen LogP contribution >= 0.6 is 67.8 Å². The molecule has 0 fully saturated rings. The normalized spacial score (nSPS) is 12.1. The number of hydrogen-bond acceptors (Lipinski definition) is 2. The highest BCUT2D eigenvalue weighted by molar-refractivity contribution is 14.1. The molecular formula is C14H16I3NO3. The van der Waals surface area contributed by atoms with E-state index >= 15 is 0 Å². The number of anilines is 1. The highest BCUT2D eigenvalue weighted by Crippen LogP contribution is 2.38. The number of carbonyl (C=O) groups excluding carboxylic acids is 1. The molecule has 1 amide bonds. The molecule has 116 valence electrons. The van der Waals surface area contributed by atoms with Crippen molar-refractivity contribution in [2.75, 3.05) is 11.4 Å². The zero-order chi connectivity index (χ0) is 16.3. The Morgan fingerprint density at radius 1 is 1.24 bits per heavy atom. The molecule has 21 heavy (non-hydrogen) atoms. The first-order valence-electron chi connectivity index (χ1n) is 6.44. The van der Waals surface area contributed by atoms with Gasteiger partial charge in [-0.25, -0.2) is 0 Å². The Kier molecular flexibility index (Phi) is 7.64. The Hall–Kier alpha value is 0.350. The maximum Gasteiger partial charge on any atom is 0.311 e. The standard InChI is InChI=1S/C14H16I3NO3/c1-4-8(14(20)21)11-9(15)6-10(16)13(12(11)17)18(5-2)7(3)19/h6,8H,4-5H2,1-3H3,(H,20,21)/t8-/m1/s1. The minimum absolute atomic E-state index is 0.0381. The van der Waals surface area contributed by atoms with Crippen LogP contribution in [0.2, 0.25) is 0 Å². The van der Waals surface area contributed by atoms with Crippen LogP contribution in [0.25, 0.3) is 0 Å². The van der Waals surface area contributed by atoms with Gasteiger partial charge in [-0.15, -0.1) is 0 Å². The molecule has 1 aromatic rings. The molecule has 0 aromatic heterocycles. The third-order valence-electron chi connectivity index (χ3n) is 3.20. The van der Waals surface area contributed by atoms with Crippen molar-refractivity contribution in [3.63, 3.8) is 0 Å². The van der Waals surface area contributed by atoms with Gasteiger partial charge in [-0.1, -0.05) is 6.92 Å². The van der Waals surface area contributed by atoms with Crippen LogP contribution in [-0.4, -0.2) is 23.5 Å². The van der Waals surface area contributed by atoms with Gasteiger partial charge in [0.1, 0.15) is 0 Å². The number of hydrogen-bond donors (Lipinski definition) is 1. The monoisotopic (exact) mass is 627 g/mol. The fourth-order valence-corrected chi connectivity index (χ4v) is 6.91. The number of rotatable bonds is 5. The molecule has 1 N–H and O–H groups in total. The zero-order valence-corrected chi connectivity index (χ0v) is 18.4. The molecule has 0 spiro atoms. The third kappa shape index (κ3) is 4.21. The number of carboxylic acids is 1. The summed E-state index contributed by atoms with van der Waals surface area (Å²) in [4.78, 5) is 25.1. The molecule has 7 heteroatoms. The Bertz CT molecular complexity index is 529. The molecular weight excluding hydrogens is 611 g/mol. The van der Waals surface area contributed by atoms with Crippen molar-refractivity contribution in [1.82, 2.24) is 0 Å². The lowest BCUT2D eigenvalue weighted by Gasteiger charge is -2.26. The number of carboxylic acid groups (broad SMARTS) is 1. The van der Waals surface area contributed by atoms with Crippen molar-refractivity contribution in [3.8, 4) is 0 Å². The van der Waals surface area contributed by atoms with E-state index in [1.807, 2.05) is 19.9 Å². The van der Waals surface area contributed by atoms with Crippen LogP contribution in [0.15, 0.2) is 6.07 Å². The largest absolute Gasteiger partial charge is 0.481 e. The van der Waals surface area contributed by atoms with Crippen LogP contribution in [-0.2, 0) is 9.59 Å². The smallest absolute Gasteiger partial charge is 0.311 e. The van der Waals surface area contributed by atoms with Gasteiger partial charge in [0.2, 0.25) is 5.91 Å². The second-order valence-corrected chi connectivity index (χ2v) is 7.88. The lowest BCUT2D eigenvalue weighted by atomic mass is 9.96. The minimum atomic E-state index is -0.827. The molecule has 0 saturated heterocycles. The summed E-state index contributed by atoms with van der Waals surface area (Å²) in [6, 6.07) is 1.95. The topological polar surface area (TPSA) is 57.6 Å². The number of aliphatic carboxylic acids is 1. The van der Waals surface area contributed by atoms with Gasteiger partial charge in [0, 0.05) is 24.2 Å². The molecule has 1 atom stereocenters. The summed E-state index contributed by atoms with van der Waals surface area (Å²) in [7, 11) is 0. The number of benzene rings is 1. The maximum atomic E-state index is 11.9. The van der Waals surface area contributed by atoms with Gasteiger partial charge >= 0.3 is 5.97 Å². The Labute approximate surface area is 165 Å². The van der Waals surface area contributed by atoms with Crippen molar-refractivity contribution >= 4 is 85.3 Å². The van der Waals surface area contributed by atoms with Gasteiger partial charge in [0.15, 0.2) is 0 Å². The van der Waals surface area contributed by atoms with E-state index < -0.39 is 11.9 Å². The van der Waals surface area contributed by atoms with E-state index in [4.69, 9.17) is 0 Å². The third-order valence-corrected chi connectivity index (χ3v) is 6.01. The fraction of sp³-hybridized carbons (Fsp3) is 0.429. The van der Waals surface area contributed by atoms with Gasteiger partial charge in [-0.05, 0) is 92.7 Å². The first-order chi connectivity index (χ1) is 9.76. The Morgan fingerprint density at radius 2 is 1.81 bits per heavy atom. The number of amides is 1. The van der Waals surface area contributed by atoms with Crippen molar-refractivity contribution in [3.05, 3.63) is 22.3 Å². The summed E-state index contributed by atoms with van der Waals surface area (Å²) in [5.74, 6) is -1.42. The van der Waals surface area contributed by atoms with Gasteiger partial charge in [-0.2, -0.15) is 0 Å². The summed E-state index contributed by atoms with van der Waals surface area (Å²) in [5.41, 5.74) is 1.63. The zero-order valence-electron chi connectivity index (χ0n) is 11.9. The average molecular weight is 627 g/mol. The van der Waals surface area contributed by atoms with E-state index in [0.29, 0.717) is 13.0 Å². The van der Waals surface area contributed by atoms with Gasteiger partial charge in [0.05, 0.1) is 11.6 Å². The minimum Gasteiger partial charge on any atom is -0.481 e. The highest BCUT2D eigenvalue weighted by atomic mass is 127. The van der Waals surface area contributed by atoms with Crippen LogP contribution in [0.4, 0.5) is 5.69 Å². The number of nitrogens with zero attached hydrogens (tertiary/aromatic N) is 1. The predicted molar refractivity (Wildman–Crippen MR) is 109 cm³/mol. The number of carbonyl (C=O) groups is 2. The fourth-order valence-electron chi connectivity index (χ4n) is 2.20. The van der Waals surface area contributed by atoms with E-state index in [-0.39, 0.29) is 5.91 Å². The summed E-state index contributed by atoms with van der Waals surface area (Å²) in [5, 5.41) is 9.45. The molecule has 0 aliphatic rings. The van der Waals surface area contributed by atoms with E-state index in [9.17, 15) is 14.7 Å². The molecule has 0 aliphatic carbocycles. The van der Waals surface area contributed by atoms with Crippen LogP contribution in [0.3, 0.4) is 0 Å². The summed E-state index contributed by atoms with van der Waals surface area (Å²) < 4.78 is 2.75. The first kappa shape index (κ1) is 19.4. The second-order valence-electron chi connectivity index (χ2n) is 4.48. The quantitative estimate of drug-likeness (QED) is 0.492. The Balaban J connectivity index is 3.62. The lowest BCUT2D eigenvalue weighted by molar-refractivity contribution is -0.138. The van der Waals surface area contributed by atoms with Crippen molar-refractivity contribution in [2.24, 2.45) is 0 Å². The highest BCUT2D eigenvalue weighted by Gasteiger charge is 2.28. The number of halogens is 3. The molecule has 4 nitrogen and oxygen atoms in total. The van der Waals surface area contributed by atoms with E-state index in [0.717, 1.165) is 22.0 Å². The SMILES string of the molecule is CC[C@@H](C(=O)O)c1c(I)cc(I)c(N(CC)C(C)=O)c1I. The maximum absolute atomic E-state index is 11.9. The van der Waals surface area contributed by atoms with Crippen molar-refractivity contribution in [1.29, 1.82) is 0 Å². The second kappa shape index (κ2) is 8.27. The molecule has 0 heterocycles. The molecule has 0 aliphatic heterocycles. The van der Waals surface area contributed by atoms with E-state index in [2.05, 4.69) is 67.8 Å². The molecule has 1 aromatic carbocycles. The summed E-state index contributed by atoms with van der Waals surface area (Å²) in [6.07, 6.45) is 0.521. The van der Waals surface area contributed by atoms with Crippen LogP contribution in [0.1, 0.15) is 38.7 Å². The van der Waals surface area contributed by atoms with E-state index in [1.165, 1.54) is 6.92 Å². The summed E-state index contributed by atoms with van der Waals surface area (Å²) in [6.45, 7) is 5.87. The van der Waals surface area contributed by atoms with E-state index in [1.54, 1.807) is 4.90 Å². The lowest BCUT2D eigenvalue weighted by Crippen LogP contribution is -2.30. The average Bonchev–Trinajstić information content (AvgIpc) is 2.38. The van der Waals surface area contributed by atoms with Gasteiger partial charge in [0.25, 0.3) is 0 Å².